The molecule has 0 atom stereocenters. The highest BCUT2D eigenvalue weighted by atomic mass is 19.4. The molecule has 0 saturated carbocycles. The number of hydrogen-bond donors (Lipinski definition) is 1. The second-order valence-electron chi connectivity index (χ2n) is 6.79. The zero-order valence-corrected chi connectivity index (χ0v) is 15.4. The van der Waals surface area contributed by atoms with Crippen LogP contribution in [0.3, 0.4) is 0 Å². The molecular weight excluding hydrogens is 373 g/mol. The van der Waals surface area contributed by atoms with Gasteiger partial charge in [-0.15, -0.1) is 0 Å². The first-order valence-electron chi connectivity index (χ1n) is 8.88. The predicted molar refractivity (Wildman–Crippen MR) is 96.9 cm³/mol. The number of nitrogens with one attached hydrogen (secondary N) is 1. The van der Waals surface area contributed by atoms with Crippen LogP contribution in [0.4, 0.5) is 24.8 Å². The van der Waals surface area contributed by atoms with Crippen LogP contribution in [0, 0.1) is 6.92 Å². The van der Waals surface area contributed by atoms with Gasteiger partial charge in [0.05, 0.1) is 11.6 Å². The Morgan fingerprint density at radius 3 is 2.61 bits per heavy atom. The van der Waals surface area contributed by atoms with Gasteiger partial charge in [0.15, 0.2) is 5.65 Å². The molecule has 0 aliphatic carbocycles. The van der Waals surface area contributed by atoms with Gasteiger partial charge in [-0.05, 0) is 19.8 Å². The van der Waals surface area contributed by atoms with E-state index in [4.69, 9.17) is 0 Å². The number of halogens is 3. The first-order chi connectivity index (χ1) is 13.3. The van der Waals surface area contributed by atoms with E-state index in [2.05, 4.69) is 35.3 Å². The van der Waals surface area contributed by atoms with E-state index in [0.717, 1.165) is 55.2 Å². The number of anilines is 2. The van der Waals surface area contributed by atoms with Crippen LogP contribution >= 0.6 is 0 Å². The van der Waals surface area contributed by atoms with Gasteiger partial charge in [-0.2, -0.15) is 18.3 Å². The van der Waals surface area contributed by atoms with E-state index >= 15 is 0 Å². The number of hydrogen-bond acceptors (Lipinski definition) is 7. The summed E-state index contributed by atoms with van der Waals surface area (Å²) in [5.74, 6) is 1.70. The van der Waals surface area contributed by atoms with Crippen molar-refractivity contribution < 1.29 is 13.2 Å². The third-order valence-corrected chi connectivity index (χ3v) is 4.79. The van der Waals surface area contributed by atoms with Crippen LogP contribution < -0.4 is 10.2 Å². The average molecular weight is 392 g/mol. The summed E-state index contributed by atoms with van der Waals surface area (Å²) in [4.78, 5) is 18.4. The van der Waals surface area contributed by atoms with Crippen molar-refractivity contribution in [3.63, 3.8) is 0 Å². The highest BCUT2D eigenvalue weighted by Gasteiger charge is 2.33. The molecule has 0 bridgehead atoms. The Bertz CT molecular complexity index is 992. The molecule has 1 fully saturated rings. The van der Waals surface area contributed by atoms with Gasteiger partial charge in [-0.25, -0.2) is 19.9 Å². The van der Waals surface area contributed by atoms with Crippen molar-refractivity contribution in [3.8, 4) is 0 Å². The van der Waals surface area contributed by atoms with Crippen molar-refractivity contribution in [2.75, 3.05) is 23.3 Å². The molecule has 0 spiro atoms. The average Bonchev–Trinajstić information content (AvgIpc) is 3.02. The molecule has 1 N–H and O–H groups in total. The molecule has 4 rings (SSSR count). The van der Waals surface area contributed by atoms with Crippen molar-refractivity contribution in [2.24, 2.45) is 7.05 Å². The largest absolute Gasteiger partial charge is 0.433 e. The Hall–Kier alpha value is -2.98. The summed E-state index contributed by atoms with van der Waals surface area (Å²) in [7, 11) is 1.84. The molecule has 0 unspecified atom stereocenters. The highest BCUT2D eigenvalue weighted by Crippen LogP contribution is 2.29. The van der Waals surface area contributed by atoms with Gasteiger partial charge in [-0.3, -0.25) is 4.68 Å². The maximum absolute atomic E-state index is 12.8. The summed E-state index contributed by atoms with van der Waals surface area (Å²) in [6, 6.07) is 0.971. The second kappa shape index (κ2) is 6.88. The fraction of sp³-hybridized carbons (Fsp3) is 0.471. The normalized spacial score (nSPS) is 16.0. The van der Waals surface area contributed by atoms with Crippen LogP contribution in [-0.4, -0.2) is 48.8 Å². The van der Waals surface area contributed by atoms with E-state index in [1.165, 1.54) is 0 Å². The maximum Gasteiger partial charge on any atom is 0.433 e. The van der Waals surface area contributed by atoms with Gasteiger partial charge in [-0.1, -0.05) is 0 Å². The Kier molecular flexibility index (Phi) is 4.52. The van der Waals surface area contributed by atoms with Gasteiger partial charge in [0, 0.05) is 32.2 Å². The first kappa shape index (κ1) is 18.4. The van der Waals surface area contributed by atoms with E-state index in [1.807, 2.05) is 14.0 Å². The van der Waals surface area contributed by atoms with Crippen LogP contribution in [0.5, 0.6) is 0 Å². The quantitative estimate of drug-likeness (QED) is 0.733. The van der Waals surface area contributed by atoms with Crippen LogP contribution in [0.1, 0.15) is 24.4 Å². The molecule has 4 heterocycles. The molecule has 1 aliphatic rings. The Morgan fingerprint density at radius 2 is 1.89 bits per heavy atom. The molecule has 148 valence electrons. The van der Waals surface area contributed by atoms with Crippen molar-refractivity contribution >= 4 is 22.7 Å². The monoisotopic (exact) mass is 392 g/mol. The summed E-state index contributed by atoms with van der Waals surface area (Å²) in [6.45, 7) is 3.28. The van der Waals surface area contributed by atoms with Gasteiger partial charge in [0.2, 0.25) is 0 Å². The molecular formula is C17H19F3N8. The fourth-order valence-electron chi connectivity index (χ4n) is 3.39. The SMILES string of the molecule is Cc1nc(N2CCC(Nc3cc(C(F)(F)F)ncn3)CC2)c2cnn(C)c2n1. The Labute approximate surface area is 158 Å². The van der Waals surface area contributed by atoms with E-state index in [1.54, 1.807) is 10.9 Å². The van der Waals surface area contributed by atoms with Gasteiger partial charge < -0.3 is 10.2 Å². The number of fused-ring (bicyclic) bond motifs is 1. The lowest BCUT2D eigenvalue weighted by Crippen LogP contribution is -2.40. The van der Waals surface area contributed by atoms with Crippen molar-refractivity contribution in [3.05, 3.63) is 30.1 Å². The smallest absolute Gasteiger partial charge is 0.367 e. The van der Waals surface area contributed by atoms with Gasteiger partial charge in [0.1, 0.15) is 29.5 Å². The van der Waals surface area contributed by atoms with Gasteiger partial charge in [0.25, 0.3) is 0 Å². The first-order valence-corrected chi connectivity index (χ1v) is 8.88. The molecule has 3 aromatic heterocycles. The molecule has 1 aliphatic heterocycles. The second-order valence-corrected chi connectivity index (χ2v) is 6.79. The maximum atomic E-state index is 12.8. The summed E-state index contributed by atoms with van der Waals surface area (Å²) >= 11 is 0. The van der Waals surface area contributed by atoms with E-state index in [9.17, 15) is 13.2 Å². The minimum absolute atomic E-state index is 0.0274. The van der Waals surface area contributed by atoms with Crippen LogP contribution in [0.25, 0.3) is 11.0 Å². The van der Waals surface area contributed by atoms with Crippen molar-refractivity contribution in [1.29, 1.82) is 0 Å². The molecule has 0 radical (unpaired) electrons. The molecule has 3 aromatic rings. The summed E-state index contributed by atoms with van der Waals surface area (Å²) < 4.78 is 40.1. The van der Waals surface area contributed by atoms with Crippen LogP contribution in [0.2, 0.25) is 0 Å². The fourth-order valence-corrected chi connectivity index (χ4v) is 3.39. The lowest BCUT2D eigenvalue weighted by atomic mass is 10.0. The topological polar surface area (TPSA) is 84.7 Å². The Morgan fingerprint density at radius 1 is 1.14 bits per heavy atom. The molecule has 0 amide bonds. The van der Waals surface area contributed by atoms with Crippen molar-refractivity contribution in [2.45, 2.75) is 32.0 Å². The zero-order valence-electron chi connectivity index (χ0n) is 15.4. The van der Waals surface area contributed by atoms with Crippen molar-refractivity contribution in [1.82, 2.24) is 29.7 Å². The Balaban J connectivity index is 1.46. The number of alkyl halides is 3. The lowest BCUT2D eigenvalue weighted by molar-refractivity contribution is -0.141. The molecule has 1 saturated heterocycles. The van der Waals surface area contributed by atoms with E-state index < -0.39 is 11.9 Å². The summed E-state index contributed by atoms with van der Waals surface area (Å²) in [6.07, 6.45) is -0.299. The molecule has 28 heavy (non-hydrogen) atoms. The van der Waals surface area contributed by atoms with Gasteiger partial charge >= 0.3 is 6.18 Å². The minimum Gasteiger partial charge on any atom is -0.367 e. The predicted octanol–water partition coefficient (Wildman–Crippen LogP) is 2.56. The number of piperidine rings is 1. The third kappa shape index (κ3) is 3.56. The number of aryl methyl sites for hydroxylation is 2. The van der Waals surface area contributed by atoms with Crippen LogP contribution in [-0.2, 0) is 13.2 Å². The van der Waals surface area contributed by atoms with E-state index in [0.29, 0.717) is 5.82 Å². The highest BCUT2D eigenvalue weighted by molar-refractivity contribution is 5.87. The zero-order chi connectivity index (χ0) is 19.9. The molecule has 0 aromatic carbocycles. The number of aromatic nitrogens is 6. The molecule has 8 nitrogen and oxygen atoms in total. The summed E-state index contributed by atoms with van der Waals surface area (Å²) in [5.41, 5.74) is -0.165. The van der Waals surface area contributed by atoms with Crippen LogP contribution in [0.15, 0.2) is 18.6 Å². The third-order valence-electron chi connectivity index (χ3n) is 4.79. The lowest BCUT2D eigenvalue weighted by Gasteiger charge is -2.33. The summed E-state index contributed by atoms with van der Waals surface area (Å²) in [5, 5.41) is 8.24. The minimum atomic E-state index is -4.48. The molecule has 11 heteroatoms. The number of rotatable bonds is 3. The number of nitrogens with zero attached hydrogens (tertiary/aromatic N) is 7. The van der Waals surface area contributed by atoms with E-state index in [-0.39, 0.29) is 11.9 Å². The standard InChI is InChI=1S/C17H19F3N8/c1-10-24-15-12(8-23-27(15)2)16(25-10)28-5-3-11(4-6-28)26-14-7-13(17(18,19)20)21-9-22-14/h7-9,11H,3-6H2,1-2H3,(H,21,22,26).